The zero-order valence-electron chi connectivity index (χ0n) is 15.1. The molecule has 3 aromatic rings. The molecule has 4 rings (SSSR count). The van der Waals surface area contributed by atoms with Crippen molar-refractivity contribution in [1.29, 1.82) is 0 Å². The van der Waals surface area contributed by atoms with Crippen LogP contribution < -0.4 is 10.2 Å². The average molecular weight is 346 g/mol. The molecule has 0 saturated carbocycles. The van der Waals surface area contributed by atoms with E-state index >= 15 is 0 Å². The van der Waals surface area contributed by atoms with Crippen molar-refractivity contribution in [1.82, 2.24) is 9.78 Å². The van der Waals surface area contributed by atoms with E-state index in [4.69, 9.17) is 0 Å². The molecule has 5 heteroatoms. The van der Waals surface area contributed by atoms with Gasteiger partial charge in [-0.15, -0.1) is 0 Å². The van der Waals surface area contributed by atoms with E-state index in [1.54, 1.807) is 0 Å². The summed E-state index contributed by atoms with van der Waals surface area (Å²) < 4.78 is 2.05. The SMILES string of the molecule is CC(=O)Nc1ccc(C)c(N2CCc3c(cnn3-c3ccccc3)C2)c1. The number of nitrogens with zero attached hydrogens (tertiary/aromatic N) is 3. The van der Waals surface area contributed by atoms with Gasteiger partial charge in [0.15, 0.2) is 0 Å². The molecule has 0 saturated heterocycles. The van der Waals surface area contributed by atoms with E-state index in [1.165, 1.54) is 23.7 Å². The Morgan fingerprint density at radius 3 is 2.73 bits per heavy atom. The van der Waals surface area contributed by atoms with Gasteiger partial charge in [-0.1, -0.05) is 24.3 Å². The van der Waals surface area contributed by atoms with Gasteiger partial charge in [0.1, 0.15) is 0 Å². The number of benzene rings is 2. The molecule has 5 nitrogen and oxygen atoms in total. The van der Waals surface area contributed by atoms with Gasteiger partial charge in [0.05, 0.1) is 17.6 Å². The van der Waals surface area contributed by atoms with Crippen molar-refractivity contribution >= 4 is 17.3 Å². The Morgan fingerprint density at radius 1 is 1.15 bits per heavy atom. The van der Waals surface area contributed by atoms with Crippen LogP contribution in [0.3, 0.4) is 0 Å². The molecule has 0 unspecified atom stereocenters. The van der Waals surface area contributed by atoms with E-state index in [9.17, 15) is 4.79 Å². The summed E-state index contributed by atoms with van der Waals surface area (Å²) in [6, 6.07) is 16.3. The zero-order valence-corrected chi connectivity index (χ0v) is 15.1. The third-order valence-electron chi connectivity index (χ3n) is 4.81. The largest absolute Gasteiger partial charge is 0.366 e. The molecule has 1 aliphatic heterocycles. The minimum Gasteiger partial charge on any atom is -0.366 e. The van der Waals surface area contributed by atoms with Gasteiger partial charge in [0, 0.05) is 43.4 Å². The summed E-state index contributed by atoms with van der Waals surface area (Å²) in [6.07, 6.45) is 2.91. The molecule has 2 aromatic carbocycles. The van der Waals surface area contributed by atoms with Crippen LogP contribution in [-0.2, 0) is 17.8 Å². The fourth-order valence-corrected chi connectivity index (χ4v) is 3.56. The average Bonchev–Trinajstić information content (AvgIpc) is 3.07. The molecule has 0 bridgehead atoms. The second kappa shape index (κ2) is 6.67. The number of aromatic nitrogens is 2. The van der Waals surface area contributed by atoms with Crippen molar-refractivity contribution in [3.8, 4) is 5.69 Å². The third-order valence-corrected chi connectivity index (χ3v) is 4.81. The van der Waals surface area contributed by atoms with Gasteiger partial charge < -0.3 is 10.2 Å². The van der Waals surface area contributed by atoms with Gasteiger partial charge in [-0.05, 0) is 36.8 Å². The van der Waals surface area contributed by atoms with Crippen LogP contribution in [0, 0.1) is 6.92 Å². The van der Waals surface area contributed by atoms with E-state index in [-0.39, 0.29) is 5.91 Å². The van der Waals surface area contributed by atoms with Gasteiger partial charge in [-0.25, -0.2) is 4.68 Å². The fraction of sp³-hybridized carbons (Fsp3) is 0.238. The highest BCUT2D eigenvalue weighted by molar-refractivity contribution is 5.89. The normalized spacial score (nSPS) is 13.4. The number of amides is 1. The summed E-state index contributed by atoms with van der Waals surface area (Å²) >= 11 is 0. The van der Waals surface area contributed by atoms with Crippen molar-refractivity contribution in [3.05, 3.63) is 71.5 Å². The Kier molecular flexibility index (Phi) is 4.21. The first kappa shape index (κ1) is 16.4. The summed E-state index contributed by atoms with van der Waals surface area (Å²) in [7, 11) is 0. The number of rotatable bonds is 3. The second-order valence-electron chi connectivity index (χ2n) is 6.72. The molecule has 0 fully saturated rings. The molecule has 0 spiro atoms. The van der Waals surface area contributed by atoms with Crippen molar-refractivity contribution in [2.24, 2.45) is 0 Å². The van der Waals surface area contributed by atoms with E-state index in [0.717, 1.165) is 36.6 Å². The highest BCUT2D eigenvalue weighted by Gasteiger charge is 2.22. The minimum absolute atomic E-state index is 0.0510. The Hall–Kier alpha value is -3.08. The number of anilines is 2. The van der Waals surface area contributed by atoms with Gasteiger partial charge >= 0.3 is 0 Å². The predicted molar refractivity (Wildman–Crippen MR) is 104 cm³/mol. The quantitative estimate of drug-likeness (QED) is 0.787. The first-order chi connectivity index (χ1) is 12.6. The van der Waals surface area contributed by atoms with Crippen LogP contribution in [0.5, 0.6) is 0 Å². The Bertz CT molecular complexity index is 946. The highest BCUT2D eigenvalue weighted by atomic mass is 16.1. The number of aryl methyl sites for hydroxylation is 1. The molecular formula is C21H22N4O. The molecular weight excluding hydrogens is 324 g/mol. The lowest BCUT2D eigenvalue weighted by atomic mass is 10.0. The summed E-state index contributed by atoms with van der Waals surface area (Å²) in [5, 5.41) is 7.48. The van der Waals surface area contributed by atoms with E-state index in [0.29, 0.717) is 0 Å². The van der Waals surface area contributed by atoms with Crippen LogP contribution >= 0.6 is 0 Å². The fourth-order valence-electron chi connectivity index (χ4n) is 3.56. The van der Waals surface area contributed by atoms with Crippen molar-refractivity contribution in [2.45, 2.75) is 26.8 Å². The lowest BCUT2D eigenvalue weighted by molar-refractivity contribution is -0.114. The molecule has 0 atom stereocenters. The molecule has 132 valence electrons. The number of para-hydroxylation sites is 1. The molecule has 0 radical (unpaired) electrons. The predicted octanol–water partition coefficient (Wildman–Crippen LogP) is 3.70. The molecule has 26 heavy (non-hydrogen) atoms. The molecule has 1 amide bonds. The second-order valence-corrected chi connectivity index (χ2v) is 6.72. The number of nitrogens with one attached hydrogen (secondary N) is 1. The van der Waals surface area contributed by atoms with E-state index < -0.39 is 0 Å². The topological polar surface area (TPSA) is 50.2 Å². The van der Waals surface area contributed by atoms with Gasteiger partial charge in [-0.2, -0.15) is 5.10 Å². The highest BCUT2D eigenvalue weighted by Crippen LogP contribution is 2.30. The van der Waals surface area contributed by atoms with E-state index in [1.807, 2.05) is 35.1 Å². The van der Waals surface area contributed by atoms with Crippen molar-refractivity contribution in [2.75, 3.05) is 16.8 Å². The Morgan fingerprint density at radius 2 is 1.96 bits per heavy atom. The Balaban J connectivity index is 1.62. The monoisotopic (exact) mass is 346 g/mol. The lowest BCUT2D eigenvalue weighted by Crippen LogP contribution is -2.31. The van der Waals surface area contributed by atoms with Crippen molar-refractivity contribution in [3.63, 3.8) is 0 Å². The number of carbonyl (C=O) groups is 1. The molecule has 1 N–H and O–H groups in total. The first-order valence-corrected chi connectivity index (χ1v) is 8.86. The van der Waals surface area contributed by atoms with Crippen LogP contribution in [0.2, 0.25) is 0 Å². The molecule has 1 aliphatic rings. The van der Waals surface area contributed by atoms with Crippen LogP contribution in [0.15, 0.2) is 54.7 Å². The standard InChI is InChI=1S/C21H22N4O/c1-15-8-9-18(23-16(2)26)12-21(15)24-11-10-20-17(14-24)13-22-25(20)19-6-4-3-5-7-19/h3-9,12-13H,10-11,14H2,1-2H3,(H,23,26). The van der Waals surface area contributed by atoms with Crippen molar-refractivity contribution < 1.29 is 4.79 Å². The molecule has 0 aliphatic carbocycles. The summed E-state index contributed by atoms with van der Waals surface area (Å²) in [5.74, 6) is -0.0510. The molecule has 1 aromatic heterocycles. The van der Waals surface area contributed by atoms with Gasteiger partial charge in [-0.3, -0.25) is 4.79 Å². The maximum absolute atomic E-state index is 11.4. The number of hydrogen-bond acceptors (Lipinski definition) is 3. The maximum Gasteiger partial charge on any atom is 0.221 e. The van der Waals surface area contributed by atoms with Crippen LogP contribution in [0.1, 0.15) is 23.7 Å². The van der Waals surface area contributed by atoms with Crippen LogP contribution in [0.25, 0.3) is 5.69 Å². The van der Waals surface area contributed by atoms with Gasteiger partial charge in [0.25, 0.3) is 0 Å². The molecule has 2 heterocycles. The summed E-state index contributed by atoms with van der Waals surface area (Å²) in [6.45, 7) is 5.39. The van der Waals surface area contributed by atoms with Crippen LogP contribution in [0.4, 0.5) is 11.4 Å². The summed E-state index contributed by atoms with van der Waals surface area (Å²) in [4.78, 5) is 13.7. The smallest absolute Gasteiger partial charge is 0.221 e. The number of hydrogen-bond donors (Lipinski definition) is 1. The minimum atomic E-state index is -0.0510. The third kappa shape index (κ3) is 3.08. The van der Waals surface area contributed by atoms with Gasteiger partial charge in [0.2, 0.25) is 5.91 Å². The Labute approximate surface area is 153 Å². The number of fused-ring (bicyclic) bond motifs is 1. The lowest BCUT2D eigenvalue weighted by Gasteiger charge is -2.31. The number of carbonyl (C=O) groups excluding carboxylic acids is 1. The first-order valence-electron chi connectivity index (χ1n) is 8.86. The van der Waals surface area contributed by atoms with E-state index in [2.05, 4.69) is 46.5 Å². The zero-order chi connectivity index (χ0) is 18.1. The maximum atomic E-state index is 11.4. The van der Waals surface area contributed by atoms with Crippen LogP contribution in [-0.4, -0.2) is 22.2 Å². The summed E-state index contributed by atoms with van der Waals surface area (Å²) in [5.41, 5.74) is 6.84.